The second-order valence-corrected chi connectivity index (χ2v) is 2.15. The van der Waals surface area contributed by atoms with Crippen molar-refractivity contribution in [1.29, 1.82) is 0 Å². The molecular weight excluding hydrogens is 106 g/mol. The summed E-state index contributed by atoms with van der Waals surface area (Å²) in [4.78, 5) is 10.1. The lowest BCUT2D eigenvalue weighted by atomic mass is 10.1. The monoisotopic (exact) mass is 117 g/mol. The van der Waals surface area contributed by atoms with Crippen LogP contribution < -0.4 is 17.2 Å². The third-order valence-electron chi connectivity index (χ3n) is 0.555. The van der Waals surface area contributed by atoms with E-state index in [2.05, 4.69) is 0 Å². The molecule has 0 saturated carbocycles. The number of carbonyl (C=O) groups excluding carboxylic acids is 1. The number of hydrogen-bond acceptors (Lipinski definition) is 3. The van der Waals surface area contributed by atoms with E-state index < -0.39 is 11.6 Å². The molecule has 0 bridgehead atoms. The minimum absolute atomic E-state index is 0.0208. The van der Waals surface area contributed by atoms with Gasteiger partial charge in [-0.1, -0.05) is 0 Å². The summed E-state index contributed by atoms with van der Waals surface area (Å²) in [6.07, 6.45) is 0.0208. The smallest absolute Gasteiger partial charge is 0.220 e. The zero-order valence-electron chi connectivity index (χ0n) is 4.85. The SMILES string of the molecule is CC(N)(N)CC(N)=O. The van der Waals surface area contributed by atoms with Gasteiger partial charge in [0, 0.05) is 0 Å². The molecule has 0 aliphatic carbocycles. The van der Waals surface area contributed by atoms with Gasteiger partial charge >= 0.3 is 0 Å². The highest BCUT2D eigenvalue weighted by atomic mass is 16.1. The molecule has 6 N–H and O–H groups in total. The molecule has 0 aromatic heterocycles. The summed E-state index contributed by atoms with van der Waals surface area (Å²) in [5, 5.41) is 0. The Hall–Kier alpha value is -0.610. The van der Waals surface area contributed by atoms with Gasteiger partial charge in [-0.2, -0.15) is 0 Å². The Balaban J connectivity index is 3.55. The van der Waals surface area contributed by atoms with E-state index in [1.807, 2.05) is 0 Å². The summed E-state index contributed by atoms with van der Waals surface area (Å²) < 4.78 is 0. The minimum atomic E-state index is -0.953. The van der Waals surface area contributed by atoms with Crippen molar-refractivity contribution in [3.63, 3.8) is 0 Å². The Morgan fingerprint density at radius 3 is 2.00 bits per heavy atom. The van der Waals surface area contributed by atoms with Crippen LogP contribution in [0.1, 0.15) is 13.3 Å². The molecule has 0 rings (SSSR count). The molecule has 0 aliphatic heterocycles. The van der Waals surface area contributed by atoms with Crippen LogP contribution in [0.25, 0.3) is 0 Å². The molecule has 0 radical (unpaired) electrons. The van der Waals surface area contributed by atoms with Crippen LogP contribution in [-0.2, 0) is 4.79 Å². The topological polar surface area (TPSA) is 95.1 Å². The van der Waals surface area contributed by atoms with Gasteiger partial charge < -0.3 is 17.2 Å². The highest BCUT2D eigenvalue weighted by Gasteiger charge is 2.13. The molecule has 0 heterocycles. The van der Waals surface area contributed by atoms with E-state index in [0.29, 0.717) is 0 Å². The molecule has 0 fully saturated rings. The molecule has 0 aromatic rings. The van der Waals surface area contributed by atoms with Crippen molar-refractivity contribution in [2.45, 2.75) is 19.0 Å². The third kappa shape index (κ3) is 5.39. The van der Waals surface area contributed by atoms with Crippen molar-refractivity contribution >= 4 is 5.91 Å². The molecule has 0 aromatic carbocycles. The normalized spacial score (nSPS) is 11.4. The lowest BCUT2D eigenvalue weighted by Crippen LogP contribution is -2.48. The van der Waals surface area contributed by atoms with Crippen molar-refractivity contribution in [3.8, 4) is 0 Å². The van der Waals surface area contributed by atoms with Crippen molar-refractivity contribution in [1.82, 2.24) is 0 Å². The molecule has 0 saturated heterocycles. The number of nitrogens with two attached hydrogens (primary N) is 3. The second kappa shape index (κ2) is 2.11. The molecule has 48 valence electrons. The Labute approximate surface area is 48.0 Å². The lowest BCUT2D eigenvalue weighted by Gasteiger charge is -2.14. The van der Waals surface area contributed by atoms with Gasteiger partial charge in [-0.3, -0.25) is 4.79 Å². The highest BCUT2D eigenvalue weighted by Crippen LogP contribution is 1.92. The molecule has 0 unspecified atom stereocenters. The Morgan fingerprint density at radius 2 is 2.00 bits per heavy atom. The van der Waals surface area contributed by atoms with Crippen LogP contribution in [0.2, 0.25) is 0 Å². The molecule has 4 heteroatoms. The molecule has 0 aliphatic rings. The summed E-state index contributed by atoms with van der Waals surface area (Å²) in [7, 11) is 0. The fourth-order valence-corrected chi connectivity index (χ4v) is 0.375. The van der Waals surface area contributed by atoms with E-state index in [-0.39, 0.29) is 6.42 Å². The predicted molar refractivity (Wildman–Crippen MR) is 30.6 cm³/mol. The number of amides is 1. The van der Waals surface area contributed by atoms with Crippen LogP contribution in [0.15, 0.2) is 0 Å². The summed E-state index contributed by atoms with van der Waals surface area (Å²) in [5.74, 6) is -0.475. The average Bonchev–Trinajstić information content (AvgIpc) is 1.21. The lowest BCUT2D eigenvalue weighted by molar-refractivity contribution is -0.118. The maximum atomic E-state index is 10.1. The van der Waals surface area contributed by atoms with Gasteiger partial charge in [0.1, 0.15) is 0 Å². The molecule has 0 atom stereocenters. The quantitative estimate of drug-likeness (QED) is 0.384. The third-order valence-corrected chi connectivity index (χ3v) is 0.555. The van der Waals surface area contributed by atoms with Gasteiger partial charge in [-0.05, 0) is 6.92 Å². The average molecular weight is 117 g/mol. The number of hydrogen-bond donors (Lipinski definition) is 3. The minimum Gasteiger partial charge on any atom is -0.370 e. The van der Waals surface area contributed by atoms with Gasteiger partial charge in [0.25, 0.3) is 0 Å². The van der Waals surface area contributed by atoms with E-state index in [1.54, 1.807) is 0 Å². The molecular formula is C4H11N3O. The van der Waals surface area contributed by atoms with Crippen LogP contribution in [0, 0.1) is 0 Å². The largest absolute Gasteiger partial charge is 0.370 e. The van der Waals surface area contributed by atoms with Crippen molar-refractivity contribution in [2.24, 2.45) is 17.2 Å². The number of carbonyl (C=O) groups is 1. The van der Waals surface area contributed by atoms with E-state index >= 15 is 0 Å². The summed E-state index contributed by atoms with van der Waals surface area (Å²) in [6, 6.07) is 0. The van der Waals surface area contributed by atoms with Gasteiger partial charge in [0.15, 0.2) is 0 Å². The van der Waals surface area contributed by atoms with Crippen molar-refractivity contribution in [2.75, 3.05) is 0 Å². The maximum absolute atomic E-state index is 10.1. The molecule has 8 heavy (non-hydrogen) atoms. The first kappa shape index (κ1) is 7.39. The first-order valence-corrected chi connectivity index (χ1v) is 2.28. The molecule has 0 spiro atoms. The van der Waals surface area contributed by atoms with Gasteiger partial charge in [0.2, 0.25) is 5.91 Å². The highest BCUT2D eigenvalue weighted by molar-refractivity contribution is 5.74. The van der Waals surface area contributed by atoms with E-state index in [4.69, 9.17) is 17.2 Å². The van der Waals surface area contributed by atoms with Crippen molar-refractivity contribution < 1.29 is 4.79 Å². The molecule has 1 amide bonds. The van der Waals surface area contributed by atoms with Gasteiger partial charge in [-0.15, -0.1) is 0 Å². The molecule has 4 nitrogen and oxygen atoms in total. The standard InChI is InChI=1S/C4H11N3O/c1-4(6,7)2-3(5)8/h2,6-7H2,1H3,(H2,5,8). The van der Waals surface area contributed by atoms with Crippen molar-refractivity contribution in [3.05, 3.63) is 0 Å². The first-order valence-electron chi connectivity index (χ1n) is 2.28. The van der Waals surface area contributed by atoms with Gasteiger partial charge in [-0.25, -0.2) is 0 Å². The van der Waals surface area contributed by atoms with Crippen LogP contribution in [0.5, 0.6) is 0 Å². The summed E-state index contributed by atoms with van der Waals surface area (Å²) >= 11 is 0. The zero-order valence-corrected chi connectivity index (χ0v) is 4.85. The van der Waals surface area contributed by atoms with E-state index in [1.165, 1.54) is 6.92 Å². The van der Waals surface area contributed by atoms with Crippen LogP contribution in [0.3, 0.4) is 0 Å². The number of rotatable bonds is 2. The van der Waals surface area contributed by atoms with E-state index in [0.717, 1.165) is 0 Å². The van der Waals surface area contributed by atoms with Crippen LogP contribution in [0.4, 0.5) is 0 Å². The predicted octanol–water partition coefficient (Wildman–Crippen LogP) is -1.50. The van der Waals surface area contributed by atoms with Crippen LogP contribution in [-0.4, -0.2) is 11.6 Å². The fourth-order valence-electron chi connectivity index (χ4n) is 0.375. The van der Waals surface area contributed by atoms with Gasteiger partial charge in [0.05, 0.1) is 12.1 Å². The summed E-state index contributed by atoms with van der Waals surface area (Å²) in [6.45, 7) is 1.54. The van der Waals surface area contributed by atoms with E-state index in [9.17, 15) is 4.79 Å². The maximum Gasteiger partial charge on any atom is 0.220 e. The number of primary amides is 1. The van der Waals surface area contributed by atoms with Crippen LogP contribution >= 0.6 is 0 Å². The Kier molecular flexibility index (Phi) is 1.94. The fraction of sp³-hybridized carbons (Fsp3) is 0.750. The Bertz CT molecular complexity index is 93.9. The Morgan fingerprint density at radius 1 is 1.62 bits per heavy atom. The zero-order chi connectivity index (χ0) is 6.78. The second-order valence-electron chi connectivity index (χ2n) is 2.15. The summed E-state index contributed by atoms with van der Waals surface area (Å²) in [5.41, 5.74) is 14.3. The first-order chi connectivity index (χ1) is 3.42.